The molecular formula is C20H28N5O4+. The SMILES string of the molecule is O=C(C[NH+]1CCN(c2ccccc2O)CC1)NN1C(=O)NC2(CCCCC2)C1=O. The Labute approximate surface area is 169 Å². The molecular weight excluding hydrogens is 374 g/mol. The molecule has 9 nitrogen and oxygen atoms in total. The maximum atomic E-state index is 12.7. The lowest BCUT2D eigenvalue weighted by atomic mass is 9.82. The van der Waals surface area contributed by atoms with E-state index in [1.165, 1.54) is 0 Å². The maximum absolute atomic E-state index is 12.7. The van der Waals surface area contributed by atoms with Crippen molar-refractivity contribution in [3.8, 4) is 5.75 Å². The van der Waals surface area contributed by atoms with E-state index in [1.807, 2.05) is 12.1 Å². The molecule has 2 heterocycles. The number of hydrogen-bond donors (Lipinski definition) is 4. The molecule has 9 heteroatoms. The lowest BCUT2D eigenvalue weighted by molar-refractivity contribution is -0.892. The molecule has 3 fully saturated rings. The maximum Gasteiger partial charge on any atom is 0.344 e. The van der Waals surface area contributed by atoms with Crippen LogP contribution in [0.25, 0.3) is 0 Å². The highest BCUT2D eigenvalue weighted by atomic mass is 16.3. The van der Waals surface area contributed by atoms with Gasteiger partial charge in [0.05, 0.1) is 31.9 Å². The zero-order valence-electron chi connectivity index (χ0n) is 16.4. The van der Waals surface area contributed by atoms with E-state index in [1.54, 1.807) is 12.1 Å². The molecule has 4 rings (SSSR count). The minimum Gasteiger partial charge on any atom is -0.506 e. The minimum absolute atomic E-state index is 0.193. The van der Waals surface area contributed by atoms with Gasteiger partial charge in [0.2, 0.25) is 0 Å². The summed E-state index contributed by atoms with van der Waals surface area (Å²) < 4.78 is 0. The number of anilines is 1. The fraction of sp³-hybridized carbons (Fsp3) is 0.550. The first-order chi connectivity index (χ1) is 14.0. The molecule has 1 spiro atoms. The molecule has 0 unspecified atom stereocenters. The number of aromatic hydroxyl groups is 1. The van der Waals surface area contributed by atoms with Crippen LogP contribution in [0.4, 0.5) is 10.5 Å². The molecule has 0 radical (unpaired) electrons. The molecule has 1 aromatic carbocycles. The summed E-state index contributed by atoms with van der Waals surface area (Å²) in [4.78, 5) is 40.7. The minimum atomic E-state index is -0.835. The molecule has 0 aromatic heterocycles. The van der Waals surface area contributed by atoms with Gasteiger partial charge in [-0.15, -0.1) is 0 Å². The van der Waals surface area contributed by atoms with E-state index in [2.05, 4.69) is 15.6 Å². The smallest absolute Gasteiger partial charge is 0.344 e. The van der Waals surface area contributed by atoms with Gasteiger partial charge in [0.25, 0.3) is 11.8 Å². The molecule has 0 atom stereocenters. The Hall–Kier alpha value is -2.81. The second-order valence-corrected chi connectivity index (χ2v) is 8.15. The zero-order valence-corrected chi connectivity index (χ0v) is 16.4. The van der Waals surface area contributed by atoms with E-state index in [-0.39, 0.29) is 24.1 Å². The normalized spacial score (nSPS) is 22.1. The second kappa shape index (κ2) is 7.90. The molecule has 1 aromatic rings. The number of hydrogen-bond acceptors (Lipinski definition) is 5. The Bertz CT molecular complexity index is 800. The Kier molecular flexibility index (Phi) is 5.31. The highest BCUT2D eigenvalue weighted by Crippen LogP contribution is 2.33. The van der Waals surface area contributed by atoms with Crippen LogP contribution in [0.3, 0.4) is 0 Å². The molecule has 3 aliphatic rings. The summed E-state index contributed by atoms with van der Waals surface area (Å²) in [5, 5.41) is 13.7. The number of hydrazine groups is 1. The number of carbonyl (C=O) groups excluding carboxylic acids is 3. The summed E-state index contributed by atoms with van der Waals surface area (Å²) in [6, 6.07) is 6.69. The van der Waals surface area contributed by atoms with Crippen LogP contribution < -0.4 is 20.5 Å². The number of imide groups is 1. The van der Waals surface area contributed by atoms with Crippen LogP contribution in [0.5, 0.6) is 5.75 Å². The number of para-hydroxylation sites is 2. The number of nitrogens with one attached hydrogen (secondary N) is 3. The average Bonchev–Trinajstić information content (AvgIpc) is 2.93. The summed E-state index contributed by atoms with van der Waals surface area (Å²) in [5.74, 6) is -0.425. The highest BCUT2D eigenvalue weighted by Gasteiger charge is 2.52. The molecule has 156 valence electrons. The number of phenols is 1. The molecule has 29 heavy (non-hydrogen) atoms. The van der Waals surface area contributed by atoms with Crippen LogP contribution in [-0.4, -0.2) is 66.2 Å². The summed E-state index contributed by atoms with van der Waals surface area (Å²) in [5.41, 5.74) is 2.47. The predicted molar refractivity (Wildman–Crippen MR) is 105 cm³/mol. The fourth-order valence-electron chi connectivity index (χ4n) is 4.58. The van der Waals surface area contributed by atoms with E-state index in [0.717, 1.165) is 47.9 Å². The number of piperazine rings is 1. The molecule has 4 N–H and O–H groups in total. The number of rotatable bonds is 4. The summed E-state index contributed by atoms with van der Waals surface area (Å²) in [7, 11) is 0. The number of benzene rings is 1. The van der Waals surface area contributed by atoms with Crippen molar-refractivity contribution in [2.45, 2.75) is 37.6 Å². The van der Waals surface area contributed by atoms with Gasteiger partial charge in [-0.25, -0.2) is 4.79 Å². The van der Waals surface area contributed by atoms with Crippen LogP contribution >= 0.6 is 0 Å². The van der Waals surface area contributed by atoms with Crippen LogP contribution in [-0.2, 0) is 9.59 Å². The largest absolute Gasteiger partial charge is 0.506 e. The van der Waals surface area contributed by atoms with Gasteiger partial charge in [-0.05, 0) is 25.0 Å². The lowest BCUT2D eigenvalue weighted by Gasteiger charge is -2.33. The van der Waals surface area contributed by atoms with Crippen molar-refractivity contribution in [3.05, 3.63) is 24.3 Å². The number of nitrogens with zero attached hydrogens (tertiary/aromatic N) is 2. The Balaban J connectivity index is 1.29. The van der Waals surface area contributed by atoms with E-state index in [9.17, 15) is 19.5 Å². The Morgan fingerprint density at radius 3 is 2.52 bits per heavy atom. The third-order valence-electron chi connectivity index (χ3n) is 6.21. The number of quaternary nitrogens is 1. The van der Waals surface area contributed by atoms with Crippen molar-refractivity contribution < 1.29 is 24.4 Å². The monoisotopic (exact) mass is 402 g/mol. The van der Waals surface area contributed by atoms with E-state index < -0.39 is 11.6 Å². The Morgan fingerprint density at radius 1 is 1.14 bits per heavy atom. The number of phenolic OH excluding ortho intramolecular Hbond substituents is 1. The average molecular weight is 402 g/mol. The van der Waals surface area contributed by atoms with Crippen LogP contribution in [0.1, 0.15) is 32.1 Å². The van der Waals surface area contributed by atoms with Crippen molar-refractivity contribution in [2.24, 2.45) is 0 Å². The second-order valence-electron chi connectivity index (χ2n) is 8.15. The number of urea groups is 1. The predicted octanol–water partition coefficient (Wildman–Crippen LogP) is -0.617. The first-order valence-electron chi connectivity index (χ1n) is 10.3. The third-order valence-corrected chi connectivity index (χ3v) is 6.21. The van der Waals surface area contributed by atoms with E-state index >= 15 is 0 Å². The summed E-state index contributed by atoms with van der Waals surface area (Å²) in [6.07, 6.45) is 4.12. The first-order valence-corrected chi connectivity index (χ1v) is 10.3. The van der Waals surface area contributed by atoms with Gasteiger partial charge >= 0.3 is 6.03 Å². The van der Waals surface area contributed by atoms with Gasteiger partial charge in [-0.3, -0.25) is 15.0 Å². The number of carbonyl (C=O) groups is 3. The molecule has 1 saturated carbocycles. The van der Waals surface area contributed by atoms with Gasteiger partial charge < -0.3 is 20.2 Å². The van der Waals surface area contributed by atoms with Gasteiger partial charge in [0.1, 0.15) is 11.3 Å². The van der Waals surface area contributed by atoms with Gasteiger partial charge in [-0.2, -0.15) is 5.01 Å². The topological polar surface area (TPSA) is 106 Å². The molecule has 2 saturated heterocycles. The zero-order chi connectivity index (χ0) is 20.4. The highest BCUT2D eigenvalue weighted by molar-refractivity contribution is 6.08. The summed E-state index contributed by atoms with van der Waals surface area (Å²) in [6.45, 7) is 3.08. The molecule has 4 amide bonds. The van der Waals surface area contributed by atoms with Crippen molar-refractivity contribution in [1.82, 2.24) is 15.8 Å². The lowest BCUT2D eigenvalue weighted by Crippen LogP contribution is -3.16. The standard InChI is InChI=1S/C20H27N5O4/c26-16-7-3-2-6-15(16)24-12-10-23(11-13-24)14-17(27)22-25-18(28)20(21-19(25)29)8-4-1-5-9-20/h2-3,6-7,26H,1,4-5,8-14H2,(H,21,29)(H,22,27)/p+1. The van der Waals surface area contributed by atoms with Gasteiger partial charge in [-0.1, -0.05) is 31.4 Å². The Morgan fingerprint density at radius 2 is 1.83 bits per heavy atom. The molecule has 2 aliphatic heterocycles. The van der Waals surface area contributed by atoms with Crippen LogP contribution in [0, 0.1) is 0 Å². The quantitative estimate of drug-likeness (QED) is 0.503. The fourth-order valence-corrected chi connectivity index (χ4v) is 4.58. The van der Waals surface area contributed by atoms with Crippen LogP contribution in [0.2, 0.25) is 0 Å². The third kappa shape index (κ3) is 3.87. The van der Waals surface area contributed by atoms with Gasteiger partial charge in [0.15, 0.2) is 6.54 Å². The van der Waals surface area contributed by atoms with Crippen LogP contribution in [0.15, 0.2) is 24.3 Å². The van der Waals surface area contributed by atoms with Gasteiger partial charge in [0, 0.05) is 0 Å². The summed E-state index contributed by atoms with van der Waals surface area (Å²) >= 11 is 0. The van der Waals surface area contributed by atoms with Crippen molar-refractivity contribution >= 4 is 23.5 Å². The first kappa shape index (κ1) is 19.5. The number of amides is 4. The van der Waals surface area contributed by atoms with Crippen molar-refractivity contribution in [3.63, 3.8) is 0 Å². The van der Waals surface area contributed by atoms with E-state index in [4.69, 9.17) is 0 Å². The molecule has 0 bridgehead atoms. The van der Waals surface area contributed by atoms with E-state index in [0.29, 0.717) is 25.9 Å². The van der Waals surface area contributed by atoms with Crippen molar-refractivity contribution in [1.29, 1.82) is 0 Å². The van der Waals surface area contributed by atoms with Crippen molar-refractivity contribution in [2.75, 3.05) is 37.6 Å². The molecule has 1 aliphatic carbocycles.